The normalized spacial score (nSPS) is 14.0. The average Bonchev–Trinajstić information content (AvgIpc) is 2.55. The Morgan fingerprint density at radius 1 is 1.12 bits per heavy atom. The van der Waals surface area contributed by atoms with Gasteiger partial charge in [-0.2, -0.15) is 0 Å². The molecule has 0 heterocycles. The Morgan fingerprint density at radius 2 is 1.76 bits per heavy atom. The molecule has 0 aliphatic carbocycles. The van der Waals surface area contributed by atoms with Gasteiger partial charge in [-0.25, -0.2) is 4.79 Å². The number of carbonyl (C=O) groups is 1. The number of amides is 1. The summed E-state index contributed by atoms with van der Waals surface area (Å²) in [5.74, 6) is 0. The molecule has 3 N–H and O–H groups in total. The Hall–Kier alpha value is -1.59. The Kier molecular flexibility index (Phi) is 8.93. The Morgan fingerprint density at radius 3 is 2.32 bits per heavy atom. The molecule has 0 radical (unpaired) electrons. The van der Waals surface area contributed by atoms with Crippen LogP contribution in [-0.2, 0) is 11.2 Å². The second-order valence-electron chi connectivity index (χ2n) is 7.45. The lowest BCUT2D eigenvalue weighted by molar-refractivity contribution is 0.0129. The van der Waals surface area contributed by atoms with Gasteiger partial charge < -0.3 is 20.3 Å². The molecule has 2 unspecified atom stereocenters. The minimum absolute atomic E-state index is 0.0746. The van der Waals surface area contributed by atoms with Crippen LogP contribution in [-0.4, -0.2) is 34.6 Å². The molecule has 0 spiro atoms. The number of aliphatic hydroxyl groups is 2. The van der Waals surface area contributed by atoms with E-state index in [2.05, 4.69) is 12.2 Å². The minimum Gasteiger partial charge on any atom is -0.444 e. The number of unbranched alkanes of at least 4 members (excludes halogenated alkanes) is 3. The van der Waals surface area contributed by atoms with Crippen molar-refractivity contribution in [2.75, 3.05) is 6.54 Å². The van der Waals surface area contributed by atoms with Gasteiger partial charge in [0.2, 0.25) is 0 Å². The molecule has 0 saturated carbocycles. The van der Waals surface area contributed by atoms with Gasteiger partial charge in [0.05, 0.1) is 0 Å². The van der Waals surface area contributed by atoms with Gasteiger partial charge in [-0.05, 0) is 44.7 Å². The van der Waals surface area contributed by atoms with E-state index in [4.69, 9.17) is 4.74 Å². The molecule has 0 aromatic heterocycles. The fourth-order valence-corrected chi connectivity index (χ4v) is 2.47. The van der Waals surface area contributed by atoms with Crippen LogP contribution < -0.4 is 5.32 Å². The third-order valence-corrected chi connectivity index (χ3v) is 3.86. The molecule has 1 rings (SSSR count). The molecule has 0 fully saturated rings. The van der Waals surface area contributed by atoms with Crippen molar-refractivity contribution in [3.05, 3.63) is 35.4 Å². The average molecular weight is 351 g/mol. The lowest BCUT2D eigenvalue weighted by Gasteiger charge is -2.22. The molecule has 0 saturated heterocycles. The van der Waals surface area contributed by atoms with Crippen LogP contribution in [0.25, 0.3) is 0 Å². The van der Waals surface area contributed by atoms with E-state index in [0.29, 0.717) is 5.56 Å². The highest BCUT2D eigenvalue weighted by Gasteiger charge is 2.21. The van der Waals surface area contributed by atoms with E-state index in [1.54, 1.807) is 20.8 Å². The molecular weight excluding hydrogens is 318 g/mol. The Labute approximate surface area is 151 Å². The lowest BCUT2D eigenvalue weighted by atomic mass is 10.0. The van der Waals surface area contributed by atoms with Gasteiger partial charge in [-0.15, -0.1) is 0 Å². The summed E-state index contributed by atoms with van der Waals surface area (Å²) < 4.78 is 5.10. The number of nitrogens with one attached hydrogen (secondary N) is 1. The van der Waals surface area contributed by atoms with E-state index >= 15 is 0 Å². The van der Waals surface area contributed by atoms with Gasteiger partial charge in [0.1, 0.15) is 17.8 Å². The predicted octanol–water partition coefficient (Wildman–Crippen LogP) is 3.73. The minimum atomic E-state index is -1.09. The molecule has 5 heteroatoms. The quantitative estimate of drug-likeness (QED) is 0.592. The number of aryl methyl sites for hydroxylation is 1. The maximum Gasteiger partial charge on any atom is 0.407 e. The van der Waals surface area contributed by atoms with Gasteiger partial charge in [-0.3, -0.25) is 0 Å². The fourth-order valence-electron chi connectivity index (χ4n) is 2.47. The smallest absolute Gasteiger partial charge is 0.407 e. The van der Waals surface area contributed by atoms with Crippen molar-refractivity contribution in [3.63, 3.8) is 0 Å². The maximum absolute atomic E-state index is 11.6. The molecule has 1 aromatic rings. The summed E-state index contributed by atoms with van der Waals surface area (Å²) in [5, 5.41) is 22.8. The van der Waals surface area contributed by atoms with Gasteiger partial charge in [0.15, 0.2) is 0 Å². The first-order chi connectivity index (χ1) is 11.7. The number of hydrogen-bond donors (Lipinski definition) is 3. The van der Waals surface area contributed by atoms with E-state index in [1.807, 2.05) is 24.3 Å². The first kappa shape index (κ1) is 21.5. The highest BCUT2D eigenvalue weighted by molar-refractivity contribution is 5.67. The van der Waals surface area contributed by atoms with Crippen LogP contribution in [0.3, 0.4) is 0 Å². The van der Waals surface area contributed by atoms with E-state index in [9.17, 15) is 15.0 Å². The summed E-state index contributed by atoms with van der Waals surface area (Å²) in [6, 6.07) is 7.63. The first-order valence-electron chi connectivity index (χ1n) is 9.14. The summed E-state index contributed by atoms with van der Waals surface area (Å²) in [6.45, 7) is 7.42. The predicted molar refractivity (Wildman–Crippen MR) is 99.5 cm³/mol. The lowest BCUT2D eigenvalue weighted by Crippen LogP contribution is -2.38. The fraction of sp³-hybridized carbons (Fsp3) is 0.650. The second-order valence-corrected chi connectivity index (χ2v) is 7.45. The number of rotatable bonds is 9. The molecule has 25 heavy (non-hydrogen) atoms. The number of carbonyl (C=O) groups excluding carboxylic acids is 1. The second kappa shape index (κ2) is 10.4. The standard InChI is InChI=1S/C20H33NO4/c1-5-6-7-8-9-15-10-12-16(13-11-15)18(23)17(22)14-21-19(24)25-20(2,3)4/h10-13,17-18,22-23H,5-9,14H2,1-4H3,(H,21,24). The largest absolute Gasteiger partial charge is 0.444 e. The van der Waals surface area contributed by atoms with Crippen molar-refractivity contribution < 1.29 is 19.7 Å². The number of aliphatic hydroxyl groups excluding tert-OH is 2. The molecule has 2 atom stereocenters. The van der Waals surface area contributed by atoms with Crippen LogP contribution in [0, 0.1) is 0 Å². The molecule has 0 aliphatic rings. The van der Waals surface area contributed by atoms with Crippen molar-refractivity contribution >= 4 is 6.09 Å². The van der Waals surface area contributed by atoms with Crippen LogP contribution in [0.4, 0.5) is 4.79 Å². The summed E-state index contributed by atoms with van der Waals surface area (Å²) in [6.07, 6.45) is 3.15. The van der Waals surface area contributed by atoms with Crippen LogP contribution in [0.5, 0.6) is 0 Å². The summed E-state index contributed by atoms with van der Waals surface area (Å²) in [5.41, 5.74) is 1.27. The highest BCUT2D eigenvalue weighted by Crippen LogP contribution is 2.18. The third kappa shape index (κ3) is 8.89. The van der Waals surface area contributed by atoms with Crippen molar-refractivity contribution in [2.45, 2.75) is 77.6 Å². The zero-order chi connectivity index (χ0) is 18.9. The highest BCUT2D eigenvalue weighted by atomic mass is 16.6. The van der Waals surface area contributed by atoms with Crippen LogP contribution >= 0.6 is 0 Å². The van der Waals surface area contributed by atoms with Gasteiger partial charge in [0.25, 0.3) is 0 Å². The van der Waals surface area contributed by atoms with Crippen molar-refractivity contribution in [3.8, 4) is 0 Å². The van der Waals surface area contributed by atoms with E-state index in [0.717, 1.165) is 12.8 Å². The summed E-state index contributed by atoms with van der Waals surface area (Å²) in [7, 11) is 0. The van der Waals surface area contributed by atoms with Crippen molar-refractivity contribution in [1.29, 1.82) is 0 Å². The van der Waals surface area contributed by atoms with Crippen molar-refractivity contribution in [2.24, 2.45) is 0 Å². The molecule has 142 valence electrons. The Balaban J connectivity index is 2.44. The zero-order valence-corrected chi connectivity index (χ0v) is 15.9. The summed E-state index contributed by atoms with van der Waals surface area (Å²) >= 11 is 0. The number of ether oxygens (including phenoxy) is 1. The molecule has 5 nitrogen and oxygen atoms in total. The number of alkyl carbamates (subject to hydrolysis) is 1. The molecule has 0 bridgehead atoms. The van der Waals surface area contributed by atoms with Gasteiger partial charge in [0, 0.05) is 6.54 Å². The molecule has 1 amide bonds. The van der Waals surface area contributed by atoms with Gasteiger partial charge >= 0.3 is 6.09 Å². The van der Waals surface area contributed by atoms with E-state index < -0.39 is 23.9 Å². The van der Waals surface area contributed by atoms with E-state index in [-0.39, 0.29) is 6.54 Å². The third-order valence-electron chi connectivity index (χ3n) is 3.86. The molecule has 0 aliphatic heterocycles. The van der Waals surface area contributed by atoms with E-state index in [1.165, 1.54) is 24.8 Å². The molecular formula is C20H33NO4. The number of hydrogen-bond acceptors (Lipinski definition) is 4. The topological polar surface area (TPSA) is 78.8 Å². The Bertz CT molecular complexity index is 507. The van der Waals surface area contributed by atoms with Crippen LogP contribution in [0.2, 0.25) is 0 Å². The summed E-state index contributed by atoms with van der Waals surface area (Å²) in [4.78, 5) is 11.6. The van der Waals surface area contributed by atoms with Gasteiger partial charge in [-0.1, -0.05) is 50.5 Å². The molecule has 1 aromatic carbocycles. The SMILES string of the molecule is CCCCCCc1ccc(C(O)C(O)CNC(=O)OC(C)(C)C)cc1. The van der Waals surface area contributed by atoms with Crippen LogP contribution in [0.1, 0.15) is 70.6 Å². The first-order valence-corrected chi connectivity index (χ1v) is 9.14. The van der Waals surface area contributed by atoms with Crippen LogP contribution in [0.15, 0.2) is 24.3 Å². The zero-order valence-electron chi connectivity index (χ0n) is 15.9. The monoisotopic (exact) mass is 351 g/mol. The van der Waals surface area contributed by atoms with Crippen molar-refractivity contribution in [1.82, 2.24) is 5.32 Å². The maximum atomic E-state index is 11.6. The number of benzene rings is 1.